The zero-order chi connectivity index (χ0) is 51.1. The Hall–Kier alpha value is -6.25. The molecule has 0 radical (unpaired) electrons. The van der Waals surface area contributed by atoms with E-state index in [1.54, 1.807) is 77.3 Å². The number of amides is 1. The molecular formula is C47H54Cl3N9O8S2. The fourth-order valence-corrected chi connectivity index (χ4v) is 9.03. The molecule has 2 aromatic heterocycles. The number of benzene rings is 4. The van der Waals surface area contributed by atoms with Gasteiger partial charge in [0, 0.05) is 13.0 Å². The molecule has 69 heavy (non-hydrogen) atoms. The third-order valence-corrected chi connectivity index (χ3v) is 15.2. The highest BCUT2D eigenvalue weighted by Crippen LogP contribution is 2.34. The predicted molar refractivity (Wildman–Crippen MR) is 274 cm³/mol. The summed E-state index contributed by atoms with van der Waals surface area (Å²) in [5.74, 6) is 1.94. The zero-order valence-electron chi connectivity index (χ0n) is 39.1. The van der Waals surface area contributed by atoms with Crippen LogP contribution in [0, 0.1) is 13.8 Å². The van der Waals surface area contributed by atoms with Crippen molar-refractivity contribution in [2.75, 3.05) is 35.9 Å². The standard InChI is InChI=1S/C23H26ClN5O4S.C13H13Cl2N3O2S.C11H15NO2/c1-14(2)34(31,32)21-8-6-5-7-18(21)27-22-17(24)12-26-23(29-22)28-19-9-15(3)16(11-25-13-30)10-20(19)33-4;1-8(2)21(19,20)11-6-4-3-5-10(11)17-12-9(14)7-16-13(15)18-12;1-8-6-10(12)11(14-2)7-9(8)4-3-5-13/h5-10,12-14H,11H2,1-4H3,(H,25,30)(H2,26,27,28,29);3-8H,1-2H3,(H,16,17,18);5-7H,3-4,12H2,1-2H3. The number of rotatable bonds is 18. The summed E-state index contributed by atoms with van der Waals surface area (Å²) < 4.78 is 60.9. The molecule has 17 nitrogen and oxygen atoms in total. The molecule has 368 valence electrons. The van der Waals surface area contributed by atoms with Crippen molar-refractivity contribution in [3.05, 3.63) is 123 Å². The van der Waals surface area contributed by atoms with Gasteiger partial charge in [-0.3, -0.25) is 4.79 Å². The van der Waals surface area contributed by atoms with Gasteiger partial charge in [-0.25, -0.2) is 26.8 Å². The number of anilines is 7. The Morgan fingerprint density at radius 1 is 0.667 bits per heavy atom. The van der Waals surface area contributed by atoms with Gasteiger partial charge in [0.15, 0.2) is 31.3 Å². The highest BCUT2D eigenvalue weighted by atomic mass is 35.5. The molecule has 0 spiro atoms. The van der Waals surface area contributed by atoms with Crippen LogP contribution in [0.1, 0.15) is 56.4 Å². The predicted octanol–water partition coefficient (Wildman–Crippen LogP) is 9.79. The fraction of sp³-hybridized carbons (Fsp3) is 0.277. The molecule has 6 N–H and O–H groups in total. The number of nitrogens with one attached hydrogen (secondary N) is 4. The first kappa shape index (κ1) is 55.3. The van der Waals surface area contributed by atoms with E-state index in [1.165, 1.54) is 25.6 Å². The second-order valence-electron chi connectivity index (χ2n) is 15.5. The number of nitrogens with zero attached hydrogens (tertiary/aromatic N) is 4. The van der Waals surface area contributed by atoms with Crippen LogP contribution in [-0.2, 0) is 42.2 Å². The number of carbonyl (C=O) groups excluding carboxylic acids is 2. The topological polar surface area (TPSA) is 247 Å². The molecule has 22 heteroatoms. The van der Waals surface area contributed by atoms with Gasteiger partial charge in [-0.05, 0) is 130 Å². The molecule has 0 aliphatic carbocycles. The van der Waals surface area contributed by atoms with Gasteiger partial charge in [0.2, 0.25) is 17.6 Å². The maximum absolute atomic E-state index is 12.8. The lowest BCUT2D eigenvalue weighted by molar-refractivity contribution is -0.109. The summed E-state index contributed by atoms with van der Waals surface area (Å²) in [6, 6.07) is 20.6. The minimum Gasteiger partial charge on any atom is -0.495 e. The molecule has 0 atom stereocenters. The summed E-state index contributed by atoms with van der Waals surface area (Å²) in [7, 11) is -3.84. The van der Waals surface area contributed by atoms with Crippen molar-refractivity contribution in [1.82, 2.24) is 25.3 Å². The quantitative estimate of drug-likeness (QED) is 0.0305. The average molecular weight is 1040 g/mol. The summed E-state index contributed by atoms with van der Waals surface area (Å²) in [4.78, 5) is 37.6. The Kier molecular flexibility index (Phi) is 20.4. The monoisotopic (exact) mass is 1040 g/mol. The van der Waals surface area contributed by atoms with Gasteiger partial charge in [0.1, 0.15) is 27.8 Å². The molecule has 4 aromatic carbocycles. The Balaban J connectivity index is 0.000000251. The number of para-hydroxylation sites is 2. The maximum atomic E-state index is 12.8. The van der Waals surface area contributed by atoms with Crippen LogP contribution >= 0.6 is 34.8 Å². The second-order valence-corrected chi connectivity index (χ2v) is 21.6. The minimum absolute atomic E-state index is 0.0195. The first-order valence-corrected chi connectivity index (χ1v) is 25.3. The van der Waals surface area contributed by atoms with E-state index in [9.17, 15) is 26.4 Å². The van der Waals surface area contributed by atoms with Crippen molar-refractivity contribution < 1.29 is 35.9 Å². The van der Waals surface area contributed by atoms with Crippen molar-refractivity contribution in [3.63, 3.8) is 0 Å². The van der Waals surface area contributed by atoms with E-state index in [2.05, 4.69) is 41.2 Å². The number of nitrogen functional groups attached to an aromatic ring is 1. The normalized spacial score (nSPS) is 11.1. The average Bonchev–Trinajstić information content (AvgIpc) is 3.31. The molecule has 1 amide bonds. The molecule has 0 aliphatic rings. The molecule has 0 unspecified atom stereocenters. The van der Waals surface area contributed by atoms with E-state index in [0.29, 0.717) is 53.6 Å². The van der Waals surface area contributed by atoms with Gasteiger partial charge in [0.25, 0.3) is 0 Å². The van der Waals surface area contributed by atoms with E-state index < -0.39 is 30.2 Å². The Labute approximate surface area is 417 Å². The highest BCUT2D eigenvalue weighted by Gasteiger charge is 2.24. The third-order valence-electron chi connectivity index (χ3n) is 10.1. The lowest BCUT2D eigenvalue weighted by Gasteiger charge is -2.16. The number of sulfone groups is 2. The molecule has 0 aliphatic heterocycles. The number of nitrogens with two attached hydrogens (primary N) is 1. The molecule has 0 saturated carbocycles. The summed E-state index contributed by atoms with van der Waals surface area (Å²) >= 11 is 18.0. The van der Waals surface area contributed by atoms with Crippen molar-refractivity contribution in [1.29, 1.82) is 0 Å². The van der Waals surface area contributed by atoms with E-state index in [0.717, 1.165) is 35.0 Å². The van der Waals surface area contributed by atoms with Gasteiger partial charge in [-0.15, -0.1) is 0 Å². The first-order chi connectivity index (χ1) is 32.7. The number of aromatic nitrogens is 4. The fourth-order valence-electron chi connectivity index (χ4n) is 6.22. The second kappa shape index (κ2) is 25.4. The van der Waals surface area contributed by atoms with Crippen molar-refractivity contribution >= 4 is 108 Å². The molecule has 6 rings (SSSR count). The first-order valence-electron chi connectivity index (χ1n) is 21.1. The van der Waals surface area contributed by atoms with Crippen LogP contribution < -0.4 is 36.5 Å². The number of carbonyl (C=O) groups is 2. The van der Waals surface area contributed by atoms with Gasteiger partial charge in [-0.2, -0.15) is 9.97 Å². The summed E-state index contributed by atoms with van der Waals surface area (Å²) in [6.07, 6.45) is 5.60. The molecule has 6 aromatic rings. The van der Waals surface area contributed by atoms with E-state index in [-0.39, 0.29) is 42.7 Å². The number of halogens is 3. The smallest absolute Gasteiger partial charge is 0.229 e. The van der Waals surface area contributed by atoms with Crippen LogP contribution in [0.3, 0.4) is 0 Å². The van der Waals surface area contributed by atoms with Crippen LogP contribution in [-0.4, -0.2) is 74.2 Å². The Morgan fingerprint density at radius 3 is 1.70 bits per heavy atom. The van der Waals surface area contributed by atoms with Gasteiger partial charge in [-0.1, -0.05) is 47.5 Å². The number of aryl methyl sites for hydroxylation is 3. The highest BCUT2D eigenvalue weighted by molar-refractivity contribution is 7.92. The van der Waals surface area contributed by atoms with Crippen molar-refractivity contribution in [2.45, 2.75) is 81.2 Å². The molecule has 2 heterocycles. The summed E-state index contributed by atoms with van der Waals surface area (Å²) in [6.45, 7) is 10.8. The van der Waals surface area contributed by atoms with E-state index in [1.807, 2.05) is 38.1 Å². The number of ether oxygens (including phenoxy) is 2. The van der Waals surface area contributed by atoms with Crippen LogP contribution in [0.5, 0.6) is 11.5 Å². The van der Waals surface area contributed by atoms with E-state index >= 15 is 0 Å². The van der Waals surface area contributed by atoms with Crippen LogP contribution in [0.4, 0.5) is 40.3 Å². The Bertz CT molecular complexity index is 2980. The van der Waals surface area contributed by atoms with Gasteiger partial charge in [0.05, 0.1) is 69.7 Å². The van der Waals surface area contributed by atoms with Crippen LogP contribution in [0.25, 0.3) is 0 Å². The zero-order valence-corrected chi connectivity index (χ0v) is 43.0. The minimum atomic E-state index is -3.53. The lowest BCUT2D eigenvalue weighted by Crippen LogP contribution is -2.15. The van der Waals surface area contributed by atoms with Crippen molar-refractivity contribution in [2.24, 2.45) is 0 Å². The molecule has 0 saturated heterocycles. The number of hydrogen-bond acceptors (Lipinski definition) is 16. The number of hydrogen-bond donors (Lipinski definition) is 5. The maximum Gasteiger partial charge on any atom is 0.229 e. The van der Waals surface area contributed by atoms with Gasteiger partial charge >= 0.3 is 0 Å². The summed E-state index contributed by atoms with van der Waals surface area (Å²) in [5.41, 5.74) is 11.8. The molecule has 0 fully saturated rings. The van der Waals surface area contributed by atoms with Crippen LogP contribution in [0.15, 0.2) is 95.0 Å². The SMILES string of the molecule is CC(C)S(=O)(=O)c1ccccc1Nc1nc(Cl)ncc1Cl.COc1cc(CCC=O)c(C)cc1N.COc1cc(CNC=O)c(C)cc1Nc1ncc(Cl)c(Nc2ccccc2S(=O)(=O)C(C)C)n1. The van der Waals surface area contributed by atoms with Gasteiger partial charge < -0.3 is 41.3 Å². The van der Waals surface area contributed by atoms with Crippen LogP contribution in [0.2, 0.25) is 15.3 Å². The number of methoxy groups -OCH3 is 2. The number of aldehydes is 1. The molecule has 0 bridgehead atoms. The Morgan fingerprint density at radius 2 is 1.17 bits per heavy atom. The lowest BCUT2D eigenvalue weighted by atomic mass is 10.0. The molecular weight excluding hydrogens is 989 g/mol. The largest absolute Gasteiger partial charge is 0.495 e. The summed E-state index contributed by atoms with van der Waals surface area (Å²) in [5, 5.41) is 11.0. The third kappa shape index (κ3) is 14.9. The van der Waals surface area contributed by atoms with Crippen molar-refractivity contribution in [3.8, 4) is 11.5 Å². The van der Waals surface area contributed by atoms with E-state index in [4.69, 9.17) is 50.0 Å².